The molecule has 0 spiro atoms. The number of aliphatic hydroxyl groups excluding tert-OH is 1. The molecule has 1 heterocycles. The molecule has 2 atom stereocenters. The van der Waals surface area contributed by atoms with Crippen molar-refractivity contribution in [1.29, 1.82) is 0 Å². The van der Waals surface area contributed by atoms with Gasteiger partial charge in [-0.05, 0) is 31.2 Å². The van der Waals surface area contributed by atoms with E-state index < -0.39 is 10.0 Å². The molecule has 2 unspecified atom stereocenters. The van der Waals surface area contributed by atoms with Crippen molar-refractivity contribution in [3.8, 4) is 0 Å². The predicted molar refractivity (Wildman–Crippen MR) is 71.1 cm³/mol. The van der Waals surface area contributed by atoms with E-state index in [9.17, 15) is 13.5 Å². The fraction of sp³-hybridized carbons (Fsp3) is 0.692. The lowest BCUT2D eigenvalue weighted by molar-refractivity contribution is 0.270. The quantitative estimate of drug-likeness (QED) is 0.829. The van der Waals surface area contributed by atoms with Crippen molar-refractivity contribution in [2.75, 3.05) is 0 Å². The summed E-state index contributed by atoms with van der Waals surface area (Å²) in [7, 11) is -3.44. The van der Waals surface area contributed by atoms with Gasteiger partial charge in [-0.3, -0.25) is 0 Å². The minimum absolute atomic E-state index is 0.0943. The molecular formula is C13H20N2O3S. The third-order valence-corrected chi connectivity index (χ3v) is 5.53. The Morgan fingerprint density at radius 2 is 2.21 bits per heavy atom. The van der Waals surface area contributed by atoms with Gasteiger partial charge in [0.15, 0.2) is 0 Å². The van der Waals surface area contributed by atoms with Gasteiger partial charge in [-0.25, -0.2) is 13.1 Å². The zero-order chi connectivity index (χ0) is 13.6. The second-order valence-electron chi connectivity index (χ2n) is 5.60. The van der Waals surface area contributed by atoms with Gasteiger partial charge in [-0.2, -0.15) is 0 Å². The lowest BCUT2D eigenvalue weighted by atomic mass is 10.3. The molecule has 0 aromatic carbocycles. The normalized spacial score (nSPS) is 26.6. The molecule has 0 radical (unpaired) electrons. The van der Waals surface area contributed by atoms with Crippen LogP contribution in [0, 0.1) is 5.92 Å². The van der Waals surface area contributed by atoms with Crippen LogP contribution in [-0.2, 0) is 16.6 Å². The van der Waals surface area contributed by atoms with Crippen LogP contribution < -0.4 is 4.72 Å². The van der Waals surface area contributed by atoms with Crippen molar-refractivity contribution in [2.24, 2.45) is 5.92 Å². The molecule has 6 heteroatoms. The highest BCUT2D eigenvalue weighted by Gasteiger charge is 2.39. The van der Waals surface area contributed by atoms with Gasteiger partial charge in [0.1, 0.15) is 0 Å². The summed E-state index contributed by atoms with van der Waals surface area (Å²) in [5.41, 5.74) is 0.686. The highest BCUT2D eigenvalue weighted by Crippen LogP contribution is 2.38. The Morgan fingerprint density at radius 3 is 2.74 bits per heavy atom. The minimum atomic E-state index is -3.44. The van der Waals surface area contributed by atoms with Gasteiger partial charge in [-0.15, -0.1) is 0 Å². The maximum Gasteiger partial charge on any atom is 0.242 e. The van der Waals surface area contributed by atoms with E-state index in [2.05, 4.69) is 11.6 Å². The van der Waals surface area contributed by atoms with Crippen molar-refractivity contribution in [3.05, 3.63) is 18.0 Å². The van der Waals surface area contributed by atoms with Crippen LogP contribution in [0.15, 0.2) is 17.2 Å². The van der Waals surface area contributed by atoms with Crippen LogP contribution in [0.1, 0.15) is 44.3 Å². The highest BCUT2D eigenvalue weighted by molar-refractivity contribution is 7.89. The average Bonchev–Trinajstić information content (AvgIpc) is 3.28. The maximum absolute atomic E-state index is 12.3. The number of aromatic nitrogens is 1. The van der Waals surface area contributed by atoms with Gasteiger partial charge in [0.25, 0.3) is 0 Å². The summed E-state index contributed by atoms with van der Waals surface area (Å²) >= 11 is 0. The number of aliphatic hydroxyl groups is 1. The van der Waals surface area contributed by atoms with E-state index in [4.69, 9.17) is 0 Å². The Hall–Kier alpha value is -0.850. The first-order chi connectivity index (χ1) is 9.05. The van der Waals surface area contributed by atoms with Crippen LogP contribution in [0.5, 0.6) is 0 Å². The molecular weight excluding hydrogens is 264 g/mol. The zero-order valence-electron chi connectivity index (χ0n) is 11.0. The first-order valence-corrected chi connectivity index (χ1v) is 8.37. The van der Waals surface area contributed by atoms with Crippen molar-refractivity contribution in [3.63, 3.8) is 0 Å². The summed E-state index contributed by atoms with van der Waals surface area (Å²) in [5, 5.41) is 9.31. The van der Waals surface area contributed by atoms with E-state index in [1.807, 2.05) is 4.57 Å². The minimum Gasteiger partial charge on any atom is -0.390 e. The summed E-state index contributed by atoms with van der Waals surface area (Å²) in [6.07, 6.45) is 5.74. The van der Waals surface area contributed by atoms with Crippen molar-refractivity contribution in [2.45, 2.75) is 56.2 Å². The SMILES string of the molecule is CCC1CC1NS(=O)(=O)c1cc(CO)n(C2CC2)c1. The molecule has 3 rings (SSSR count). The summed E-state index contributed by atoms with van der Waals surface area (Å²) in [6.45, 7) is 1.96. The lowest BCUT2D eigenvalue weighted by Gasteiger charge is -2.04. The van der Waals surface area contributed by atoms with Crippen molar-refractivity contribution in [1.82, 2.24) is 9.29 Å². The average molecular weight is 284 g/mol. The number of nitrogens with one attached hydrogen (secondary N) is 1. The van der Waals surface area contributed by atoms with Crippen LogP contribution in [0.4, 0.5) is 0 Å². The van der Waals surface area contributed by atoms with Crippen molar-refractivity contribution < 1.29 is 13.5 Å². The molecule has 2 saturated carbocycles. The van der Waals surface area contributed by atoms with E-state index in [1.54, 1.807) is 12.3 Å². The molecule has 2 aliphatic carbocycles. The maximum atomic E-state index is 12.3. The first kappa shape index (κ1) is 13.1. The molecule has 1 aromatic rings. The smallest absolute Gasteiger partial charge is 0.242 e. The van der Waals surface area contributed by atoms with E-state index >= 15 is 0 Å². The molecule has 1 aromatic heterocycles. The van der Waals surface area contributed by atoms with Crippen molar-refractivity contribution >= 4 is 10.0 Å². The van der Waals surface area contributed by atoms with Crippen LogP contribution in [0.25, 0.3) is 0 Å². The Labute approximate surface area is 113 Å². The summed E-state index contributed by atoms with van der Waals surface area (Å²) in [6, 6.07) is 2.05. The molecule has 0 aliphatic heterocycles. The first-order valence-electron chi connectivity index (χ1n) is 6.89. The monoisotopic (exact) mass is 284 g/mol. The van der Waals surface area contributed by atoms with Crippen LogP contribution in [-0.4, -0.2) is 24.1 Å². The molecule has 2 fully saturated rings. The fourth-order valence-corrected chi connectivity index (χ4v) is 3.94. The standard InChI is InChI=1S/C13H20N2O3S/c1-2-9-5-13(9)14-19(17,18)12-6-11(8-16)15(7-12)10-3-4-10/h6-7,9-10,13-14,16H,2-5,8H2,1H3. The third-order valence-electron chi connectivity index (χ3n) is 4.07. The summed E-state index contributed by atoms with van der Waals surface area (Å²) < 4.78 is 29.2. The molecule has 19 heavy (non-hydrogen) atoms. The number of nitrogens with zero attached hydrogens (tertiary/aromatic N) is 1. The van der Waals surface area contributed by atoms with Gasteiger partial charge >= 0.3 is 0 Å². The number of sulfonamides is 1. The second-order valence-corrected chi connectivity index (χ2v) is 7.31. The van der Waals surface area contributed by atoms with Gasteiger partial charge in [0, 0.05) is 24.0 Å². The molecule has 0 bridgehead atoms. The Morgan fingerprint density at radius 1 is 1.47 bits per heavy atom. The third kappa shape index (κ3) is 2.57. The Balaban J connectivity index is 1.80. The van der Waals surface area contributed by atoms with Gasteiger partial charge in [0.2, 0.25) is 10.0 Å². The van der Waals surface area contributed by atoms with E-state index in [0.717, 1.165) is 25.7 Å². The largest absolute Gasteiger partial charge is 0.390 e. The number of rotatable bonds is 6. The van der Waals surface area contributed by atoms with Gasteiger partial charge < -0.3 is 9.67 Å². The highest BCUT2D eigenvalue weighted by atomic mass is 32.2. The van der Waals surface area contributed by atoms with Crippen LogP contribution in [0.3, 0.4) is 0 Å². The molecule has 0 saturated heterocycles. The van der Waals surface area contributed by atoms with Crippen LogP contribution in [0.2, 0.25) is 0 Å². The number of hydrogen-bond acceptors (Lipinski definition) is 3. The Kier molecular flexibility index (Phi) is 3.19. The van der Waals surface area contributed by atoms with E-state index in [1.165, 1.54) is 0 Å². The molecule has 2 N–H and O–H groups in total. The molecule has 106 valence electrons. The topological polar surface area (TPSA) is 71.3 Å². The number of hydrogen-bond donors (Lipinski definition) is 2. The van der Waals surface area contributed by atoms with Gasteiger partial charge in [0.05, 0.1) is 11.5 Å². The second kappa shape index (κ2) is 4.61. The van der Waals surface area contributed by atoms with E-state index in [0.29, 0.717) is 17.7 Å². The van der Waals surface area contributed by atoms with Gasteiger partial charge in [-0.1, -0.05) is 13.3 Å². The molecule has 2 aliphatic rings. The molecule has 5 nitrogen and oxygen atoms in total. The summed E-state index contributed by atoms with van der Waals surface area (Å²) in [4.78, 5) is 0.283. The molecule has 0 amide bonds. The lowest BCUT2D eigenvalue weighted by Crippen LogP contribution is -2.26. The predicted octanol–water partition coefficient (Wildman–Crippen LogP) is 1.39. The zero-order valence-corrected chi connectivity index (χ0v) is 11.9. The summed E-state index contributed by atoms with van der Waals surface area (Å²) in [5.74, 6) is 0.484. The van der Waals surface area contributed by atoms with Crippen LogP contribution >= 0.6 is 0 Å². The Bertz CT molecular complexity index is 575. The van der Waals surface area contributed by atoms with E-state index in [-0.39, 0.29) is 17.5 Å². The fourth-order valence-electron chi connectivity index (χ4n) is 2.57.